The Morgan fingerprint density at radius 1 is 0.950 bits per heavy atom. The van der Waals surface area contributed by atoms with Crippen molar-refractivity contribution in [3.05, 3.63) is 119 Å². The van der Waals surface area contributed by atoms with Crippen molar-refractivity contribution < 1.29 is 58.5 Å². The molecule has 0 aliphatic carbocycles. The van der Waals surface area contributed by atoms with E-state index >= 15 is 0 Å². The molecule has 0 spiro atoms. The number of ether oxygens (including phenoxy) is 3. The quantitative estimate of drug-likeness (QED) is 0.247. The maximum absolute atomic E-state index is 13.1. The van der Waals surface area contributed by atoms with Crippen LogP contribution in [-0.2, 0) is 11.2 Å². The van der Waals surface area contributed by atoms with E-state index in [0.29, 0.717) is 47.0 Å². The molecule has 0 radical (unpaired) electrons. The number of aliphatic carboxylic acids is 1. The molecule has 1 aliphatic heterocycles. The largest absolute Gasteiger partial charge is 1.00 e. The summed E-state index contributed by atoms with van der Waals surface area (Å²) in [6.07, 6.45) is 0.218. The Morgan fingerprint density at radius 2 is 1.62 bits per heavy atom. The summed E-state index contributed by atoms with van der Waals surface area (Å²) in [5, 5.41) is 14.7. The van der Waals surface area contributed by atoms with Crippen molar-refractivity contribution in [2.24, 2.45) is 0 Å². The van der Waals surface area contributed by atoms with Crippen LogP contribution in [0, 0.1) is 0 Å². The number of carboxylic acid groups (broad SMARTS) is 1. The second-order valence-electron chi connectivity index (χ2n) is 9.04. The normalized spacial score (nSPS) is 14.5. The van der Waals surface area contributed by atoms with Gasteiger partial charge in [0.15, 0.2) is 6.23 Å². The smallest absolute Gasteiger partial charge is 0.549 e. The van der Waals surface area contributed by atoms with Gasteiger partial charge in [0.2, 0.25) is 0 Å². The van der Waals surface area contributed by atoms with Gasteiger partial charge < -0.3 is 29.4 Å². The molecule has 0 aromatic heterocycles. The van der Waals surface area contributed by atoms with Crippen molar-refractivity contribution in [2.75, 3.05) is 6.61 Å². The molecule has 40 heavy (non-hydrogen) atoms. The van der Waals surface area contributed by atoms with Gasteiger partial charge in [-0.05, 0) is 54.4 Å². The van der Waals surface area contributed by atoms with E-state index in [0.717, 1.165) is 5.56 Å². The van der Waals surface area contributed by atoms with Crippen molar-refractivity contribution in [2.45, 2.75) is 25.0 Å². The van der Waals surface area contributed by atoms with Gasteiger partial charge in [0.1, 0.15) is 23.0 Å². The SMILES string of the molecule is O=C(NC(Cc1ccccc1)Oc1ccccc1)c1ccc(Oc2cc3c(cc2Cl)C(C(=O)[O-])CCO3)cc1.[Na+]. The summed E-state index contributed by atoms with van der Waals surface area (Å²) in [5.41, 5.74) is 1.92. The summed E-state index contributed by atoms with van der Waals surface area (Å²) >= 11 is 6.38. The van der Waals surface area contributed by atoms with Crippen molar-refractivity contribution in [3.63, 3.8) is 0 Å². The fourth-order valence-electron chi connectivity index (χ4n) is 4.36. The van der Waals surface area contributed by atoms with Crippen LogP contribution in [0.2, 0.25) is 5.02 Å². The van der Waals surface area contributed by atoms with Crippen LogP contribution in [0.15, 0.2) is 97.1 Å². The van der Waals surface area contributed by atoms with Crippen LogP contribution in [0.5, 0.6) is 23.0 Å². The molecule has 1 aliphatic rings. The summed E-state index contributed by atoms with van der Waals surface area (Å²) in [5.74, 6) is -0.444. The minimum atomic E-state index is -1.17. The monoisotopic (exact) mass is 565 g/mol. The second-order valence-corrected chi connectivity index (χ2v) is 9.45. The van der Waals surface area contributed by atoms with E-state index in [4.69, 9.17) is 25.8 Å². The van der Waals surface area contributed by atoms with Crippen molar-refractivity contribution >= 4 is 23.5 Å². The number of amides is 1. The Kier molecular flexibility index (Phi) is 10.1. The summed E-state index contributed by atoms with van der Waals surface area (Å²) in [7, 11) is 0. The number of carboxylic acids is 1. The molecule has 4 aromatic carbocycles. The fourth-order valence-corrected chi connectivity index (χ4v) is 4.57. The van der Waals surface area contributed by atoms with Gasteiger partial charge in [-0.3, -0.25) is 4.79 Å². The van der Waals surface area contributed by atoms with Gasteiger partial charge in [0.05, 0.1) is 11.6 Å². The second kappa shape index (κ2) is 13.7. The number of fused-ring (bicyclic) bond motifs is 1. The summed E-state index contributed by atoms with van der Waals surface area (Å²) in [6.45, 7) is 0.260. The predicted octanol–water partition coefficient (Wildman–Crippen LogP) is 2.13. The van der Waals surface area contributed by atoms with Gasteiger partial charge >= 0.3 is 29.6 Å². The molecular formula is C31H25ClNNaO6. The molecule has 1 N–H and O–H groups in total. The third-order valence-electron chi connectivity index (χ3n) is 6.31. The topological polar surface area (TPSA) is 96.9 Å². The zero-order valence-electron chi connectivity index (χ0n) is 21.8. The van der Waals surface area contributed by atoms with Gasteiger partial charge in [-0.15, -0.1) is 0 Å². The zero-order valence-corrected chi connectivity index (χ0v) is 24.6. The average Bonchev–Trinajstić information content (AvgIpc) is 2.94. The Hall–Kier alpha value is -3.49. The van der Waals surface area contributed by atoms with E-state index in [-0.39, 0.29) is 47.1 Å². The number of nitrogens with one attached hydrogen (secondary N) is 1. The number of halogens is 1. The number of benzene rings is 4. The van der Waals surface area contributed by atoms with E-state index in [2.05, 4.69) is 5.32 Å². The van der Waals surface area contributed by atoms with Gasteiger partial charge in [-0.25, -0.2) is 0 Å². The van der Waals surface area contributed by atoms with Crippen molar-refractivity contribution in [1.29, 1.82) is 0 Å². The first-order chi connectivity index (χ1) is 19.0. The molecule has 198 valence electrons. The molecule has 7 nitrogen and oxygen atoms in total. The Labute approximate surface area is 259 Å². The molecule has 0 fully saturated rings. The van der Waals surface area contributed by atoms with Crippen LogP contribution in [0.3, 0.4) is 0 Å². The van der Waals surface area contributed by atoms with E-state index in [1.54, 1.807) is 30.3 Å². The first kappa shape index (κ1) is 29.5. The number of para-hydroxylation sites is 1. The van der Waals surface area contributed by atoms with Crippen LogP contribution in [0.1, 0.15) is 33.8 Å². The first-order valence-electron chi connectivity index (χ1n) is 12.5. The van der Waals surface area contributed by atoms with E-state index in [1.807, 2.05) is 60.7 Å². The minimum absolute atomic E-state index is 0. The van der Waals surface area contributed by atoms with Gasteiger partial charge in [0, 0.05) is 35.5 Å². The molecule has 2 unspecified atom stereocenters. The molecule has 1 amide bonds. The van der Waals surface area contributed by atoms with E-state index < -0.39 is 18.1 Å². The van der Waals surface area contributed by atoms with Crippen LogP contribution < -0.4 is 54.2 Å². The summed E-state index contributed by atoms with van der Waals surface area (Å²) < 4.78 is 17.6. The Morgan fingerprint density at radius 3 is 2.30 bits per heavy atom. The minimum Gasteiger partial charge on any atom is -0.549 e. The van der Waals surface area contributed by atoms with Crippen LogP contribution >= 0.6 is 11.6 Å². The van der Waals surface area contributed by atoms with E-state index in [9.17, 15) is 14.7 Å². The molecular weight excluding hydrogens is 541 g/mol. The van der Waals surface area contributed by atoms with Crippen LogP contribution in [-0.4, -0.2) is 24.7 Å². The molecule has 0 saturated carbocycles. The molecule has 1 heterocycles. The fraction of sp³-hybridized carbons (Fsp3) is 0.161. The predicted molar refractivity (Wildman–Crippen MR) is 144 cm³/mol. The number of rotatable bonds is 9. The van der Waals surface area contributed by atoms with Crippen molar-refractivity contribution in [1.82, 2.24) is 5.32 Å². The number of carbonyl (C=O) groups excluding carboxylic acids is 2. The molecule has 5 rings (SSSR count). The maximum Gasteiger partial charge on any atom is 1.00 e. The van der Waals surface area contributed by atoms with E-state index in [1.165, 1.54) is 6.07 Å². The third kappa shape index (κ3) is 7.37. The molecule has 2 atom stereocenters. The first-order valence-corrected chi connectivity index (χ1v) is 12.9. The Balaban J connectivity index is 0.00000370. The van der Waals surface area contributed by atoms with Crippen LogP contribution in [0.4, 0.5) is 0 Å². The Bertz CT molecular complexity index is 1410. The summed E-state index contributed by atoms with van der Waals surface area (Å²) in [6, 6.07) is 28.8. The van der Waals surface area contributed by atoms with Crippen molar-refractivity contribution in [3.8, 4) is 23.0 Å². The molecule has 4 aromatic rings. The molecule has 9 heteroatoms. The number of hydrogen-bond acceptors (Lipinski definition) is 6. The standard InChI is InChI=1S/C31H26ClNO6.Na/c32-26-18-25-24(31(35)36)15-16-37-27(25)19-28(26)38-23-13-11-21(12-14-23)30(34)33-29(17-20-7-3-1-4-8-20)39-22-9-5-2-6-10-22;/h1-14,18-19,24,29H,15-17H2,(H,33,34)(H,35,36);/q;+1/p-1. The third-order valence-corrected chi connectivity index (χ3v) is 6.61. The van der Waals surface area contributed by atoms with Gasteiger partial charge in [-0.1, -0.05) is 60.1 Å². The summed E-state index contributed by atoms with van der Waals surface area (Å²) in [4.78, 5) is 24.5. The zero-order chi connectivity index (χ0) is 27.2. The van der Waals surface area contributed by atoms with Gasteiger partial charge in [-0.2, -0.15) is 0 Å². The molecule has 0 bridgehead atoms. The average molecular weight is 566 g/mol. The maximum atomic E-state index is 13.1. The molecule has 0 saturated heterocycles. The number of carbonyl (C=O) groups is 2. The van der Waals surface area contributed by atoms with Gasteiger partial charge in [0.25, 0.3) is 5.91 Å². The van der Waals surface area contributed by atoms with Crippen LogP contribution in [0.25, 0.3) is 0 Å². The number of hydrogen-bond donors (Lipinski definition) is 1.